The van der Waals surface area contributed by atoms with Crippen LogP contribution in [-0.2, 0) is 33.0 Å². The number of rotatable bonds is 17. The van der Waals surface area contributed by atoms with Crippen molar-refractivity contribution in [2.75, 3.05) is 65.3 Å². The Balaban J connectivity index is 0.930. The van der Waals surface area contributed by atoms with Gasteiger partial charge in [-0.15, -0.1) is 30.6 Å². The van der Waals surface area contributed by atoms with E-state index in [0.29, 0.717) is 55.3 Å². The molecule has 6 heterocycles. The van der Waals surface area contributed by atoms with Crippen LogP contribution >= 0.6 is 11.3 Å². The summed E-state index contributed by atoms with van der Waals surface area (Å²) in [6.45, 7) is 4.99. The highest BCUT2D eigenvalue weighted by Crippen LogP contribution is 2.20. The number of aromatic amines is 4. The quantitative estimate of drug-likeness (QED) is 0.0710. The van der Waals surface area contributed by atoms with Gasteiger partial charge in [-0.2, -0.15) is 11.3 Å². The summed E-state index contributed by atoms with van der Waals surface area (Å²) < 4.78 is 1.90. The minimum Gasteiger partial charge on any atom is -0.365 e. The summed E-state index contributed by atoms with van der Waals surface area (Å²) in [5.74, 6) is 4.06. The van der Waals surface area contributed by atoms with Gasteiger partial charge in [0.2, 0.25) is 35.7 Å². The predicted molar refractivity (Wildman–Crippen MR) is 186 cm³/mol. The SMILES string of the molecule is CNc1nnc(N(C)CCc2cc(Nc3nnc(NCCc4cc(CN(C)c5nnc(NCc6cscc6C)[nH]5)c[nH]4)n3C)c[nH]2)[nH]1. The van der Waals surface area contributed by atoms with Crippen LogP contribution in [0.15, 0.2) is 35.3 Å². The molecule has 248 valence electrons. The van der Waals surface area contributed by atoms with E-state index in [-0.39, 0.29) is 0 Å². The number of anilines is 7. The molecule has 0 atom stereocenters. The van der Waals surface area contributed by atoms with Crippen LogP contribution in [0, 0.1) is 6.92 Å². The number of hydrogen-bond donors (Lipinski definition) is 8. The van der Waals surface area contributed by atoms with E-state index in [1.807, 2.05) is 47.9 Å². The van der Waals surface area contributed by atoms with Crippen molar-refractivity contribution < 1.29 is 0 Å². The summed E-state index contributed by atoms with van der Waals surface area (Å²) in [5.41, 5.74) is 6.84. The van der Waals surface area contributed by atoms with Gasteiger partial charge in [0, 0.05) is 91.0 Å². The van der Waals surface area contributed by atoms with Crippen LogP contribution in [0.4, 0.5) is 41.4 Å². The molecule has 8 N–H and O–H groups in total. The minimum atomic E-state index is 0.639. The summed E-state index contributed by atoms with van der Waals surface area (Å²) in [7, 11) is 7.71. The molecule has 0 fully saturated rings. The first kappa shape index (κ1) is 31.5. The molecule has 6 aromatic heterocycles. The van der Waals surface area contributed by atoms with Crippen LogP contribution in [-0.4, -0.2) is 89.3 Å². The molecule has 0 radical (unpaired) electrons. The van der Waals surface area contributed by atoms with Crippen molar-refractivity contribution in [2.24, 2.45) is 7.05 Å². The van der Waals surface area contributed by atoms with Gasteiger partial charge in [-0.3, -0.25) is 14.5 Å². The number of likely N-dealkylation sites (N-methyl/N-ethyl adjacent to an activating group) is 1. The maximum absolute atomic E-state index is 4.33. The Labute approximate surface area is 276 Å². The monoisotopic (exact) mass is 659 g/mol. The minimum absolute atomic E-state index is 0.639. The Morgan fingerprint density at radius 1 is 0.830 bits per heavy atom. The first-order chi connectivity index (χ1) is 22.8. The van der Waals surface area contributed by atoms with E-state index in [0.717, 1.165) is 42.0 Å². The summed E-state index contributed by atoms with van der Waals surface area (Å²) in [6, 6.07) is 4.24. The van der Waals surface area contributed by atoms with Crippen LogP contribution in [0.5, 0.6) is 0 Å². The summed E-state index contributed by atoms with van der Waals surface area (Å²) in [5, 5.41) is 42.7. The second-order valence-electron chi connectivity index (χ2n) is 11.4. The molecule has 0 bridgehead atoms. The molecule has 0 aromatic carbocycles. The van der Waals surface area contributed by atoms with Crippen molar-refractivity contribution in [3.8, 4) is 0 Å². The lowest BCUT2D eigenvalue weighted by Gasteiger charge is -2.14. The van der Waals surface area contributed by atoms with Crippen molar-refractivity contribution in [3.05, 3.63) is 63.4 Å². The van der Waals surface area contributed by atoms with E-state index in [4.69, 9.17) is 0 Å². The average Bonchev–Trinajstić information content (AvgIpc) is 3.92. The summed E-state index contributed by atoms with van der Waals surface area (Å²) in [4.78, 5) is 17.2. The highest BCUT2D eigenvalue weighted by Gasteiger charge is 2.13. The van der Waals surface area contributed by atoms with E-state index in [2.05, 4.69) is 102 Å². The van der Waals surface area contributed by atoms with Gasteiger partial charge in [0.25, 0.3) is 0 Å². The van der Waals surface area contributed by atoms with E-state index in [1.165, 1.54) is 11.1 Å². The highest BCUT2D eigenvalue weighted by molar-refractivity contribution is 7.08. The van der Waals surface area contributed by atoms with Crippen LogP contribution in [0.3, 0.4) is 0 Å². The van der Waals surface area contributed by atoms with Crippen molar-refractivity contribution in [1.82, 2.24) is 55.1 Å². The third kappa shape index (κ3) is 7.83. The van der Waals surface area contributed by atoms with Gasteiger partial charge in [0.1, 0.15) is 0 Å². The standard InChI is InChI=1S/C29H41N17S/c1-18-16-47-17-20(18)13-34-25-37-28(42-39-25)45(4)15-19-10-21(32-12-19)6-8-31-26-40-43-29(46(26)5)35-23-11-22(33-14-23)7-9-44(3)27-36-24(30-2)38-41-27/h10-12,14,16-17,32-33H,6-9,13,15H2,1-5H3,(H,31,40)(H,35,43)(H2,30,36,38,41)(H2,34,37,39,42). The van der Waals surface area contributed by atoms with Gasteiger partial charge < -0.3 is 41.0 Å². The molecule has 0 aliphatic rings. The highest BCUT2D eigenvalue weighted by atomic mass is 32.1. The lowest BCUT2D eigenvalue weighted by Crippen LogP contribution is -2.21. The number of nitrogens with one attached hydrogen (secondary N) is 8. The Morgan fingerprint density at radius 3 is 2.36 bits per heavy atom. The van der Waals surface area contributed by atoms with Crippen LogP contribution in [0.25, 0.3) is 0 Å². The van der Waals surface area contributed by atoms with Gasteiger partial charge >= 0.3 is 0 Å². The Hall–Kier alpha value is -5.52. The molecule has 0 saturated carbocycles. The van der Waals surface area contributed by atoms with Crippen LogP contribution < -0.4 is 31.1 Å². The van der Waals surface area contributed by atoms with E-state index in [1.54, 1.807) is 18.4 Å². The van der Waals surface area contributed by atoms with Gasteiger partial charge in [-0.05, 0) is 46.5 Å². The molecule has 18 heteroatoms. The zero-order chi connectivity index (χ0) is 32.8. The third-order valence-electron chi connectivity index (χ3n) is 7.81. The Morgan fingerprint density at radius 2 is 1.57 bits per heavy atom. The second-order valence-corrected chi connectivity index (χ2v) is 12.1. The van der Waals surface area contributed by atoms with Crippen LogP contribution in [0.1, 0.15) is 28.1 Å². The topological polar surface area (TPSA) is 200 Å². The van der Waals surface area contributed by atoms with Gasteiger partial charge in [-0.25, -0.2) is 0 Å². The second kappa shape index (κ2) is 14.3. The molecule has 0 aliphatic carbocycles. The first-order valence-corrected chi connectivity index (χ1v) is 16.2. The number of aryl methyl sites for hydroxylation is 1. The average molecular weight is 660 g/mol. The number of H-pyrrole nitrogens is 4. The van der Waals surface area contributed by atoms with E-state index in [9.17, 15) is 0 Å². The molecule has 0 amide bonds. The Kier molecular flexibility index (Phi) is 9.56. The van der Waals surface area contributed by atoms with E-state index < -0.39 is 0 Å². The molecule has 0 saturated heterocycles. The molecule has 0 spiro atoms. The predicted octanol–water partition coefficient (Wildman–Crippen LogP) is 3.44. The first-order valence-electron chi connectivity index (χ1n) is 15.3. The smallest absolute Gasteiger partial charge is 0.230 e. The zero-order valence-electron chi connectivity index (χ0n) is 27.1. The van der Waals surface area contributed by atoms with Gasteiger partial charge in [0.15, 0.2) is 0 Å². The summed E-state index contributed by atoms with van der Waals surface area (Å²) in [6.07, 6.45) is 5.57. The Bertz CT molecular complexity index is 1850. The van der Waals surface area contributed by atoms with Crippen molar-refractivity contribution in [1.29, 1.82) is 0 Å². The van der Waals surface area contributed by atoms with Crippen molar-refractivity contribution in [3.63, 3.8) is 0 Å². The number of hydrogen-bond acceptors (Lipinski definition) is 13. The summed E-state index contributed by atoms with van der Waals surface area (Å²) >= 11 is 1.71. The maximum atomic E-state index is 4.33. The molecular weight excluding hydrogens is 619 g/mol. The fourth-order valence-corrected chi connectivity index (χ4v) is 5.81. The van der Waals surface area contributed by atoms with Crippen molar-refractivity contribution in [2.45, 2.75) is 32.9 Å². The molecule has 47 heavy (non-hydrogen) atoms. The lowest BCUT2D eigenvalue weighted by atomic mass is 10.2. The molecular formula is C29H41N17S. The number of aromatic nitrogens is 11. The van der Waals surface area contributed by atoms with Crippen LogP contribution in [0.2, 0.25) is 0 Å². The molecule has 6 aromatic rings. The molecule has 6 rings (SSSR count). The maximum Gasteiger partial charge on any atom is 0.230 e. The fraction of sp³-hybridized carbons (Fsp3) is 0.379. The van der Waals surface area contributed by atoms with E-state index >= 15 is 0 Å². The lowest BCUT2D eigenvalue weighted by molar-refractivity contribution is 0.828. The number of nitrogens with zero attached hydrogens (tertiary/aromatic N) is 9. The fourth-order valence-electron chi connectivity index (χ4n) is 4.95. The normalized spacial score (nSPS) is 11.2. The van der Waals surface area contributed by atoms with Gasteiger partial charge in [0.05, 0.1) is 5.69 Å². The molecule has 0 aliphatic heterocycles. The third-order valence-corrected chi connectivity index (χ3v) is 8.72. The largest absolute Gasteiger partial charge is 0.365 e. The zero-order valence-corrected chi connectivity index (χ0v) is 28.0. The number of thiophene rings is 1. The molecule has 17 nitrogen and oxygen atoms in total. The molecule has 0 unspecified atom stereocenters. The van der Waals surface area contributed by atoms with Crippen molar-refractivity contribution >= 4 is 52.7 Å². The van der Waals surface area contributed by atoms with Gasteiger partial charge in [-0.1, -0.05) is 0 Å².